The minimum absolute atomic E-state index is 0.339. The van der Waals surface area contributed by atoms with Crippen molar-refractivity contribution in [3.63, 3.8) is 0 Å². The Morgan fingerprint density at radius 2 is 1.13 bits per heavy atom. The SMILES string of the molecule is COc1ccc([C@H]([C@@H](OC(C)=O)c2ccc(OC)c(OCc3ccccc3)c2)N(C)CC(OC)OC)cc1OCc1ccccc1. The molecule has 244 valence electrons. The van der Waals surface area contributed by atoms with Crippen molar-refractivity contribution in [1.29, 1.82) is 0 Å². The fourth-order valence-corrected chi connectivity index (χ4v) is 5.19. The van der Waals surface area contributed by atoms with Crippen molar-refractivity contribution in [2.75, 3.05) is 42.0 Å². The van der Waals surface area contributed by atoms with Crippen LogP contribution in [0.2, 0.25) is 0 Å². The van der Waals surface area contributed by atoms with Crippen LogP contribution in [-0.2, 0) is 32.2 Å². The molecule has 4 aromatic rings. The van der Waals surface area contributed by atoms with Crippen LogP contribution in [0.4, 0.5) is 0 Å². The number of carbonyl (C=O) groups excluding carboxylic acids is 1. The van der Waals surface area contributed by atoms with Crippen LogP contribution in [0.15, 0.2) is 97.1 Å². The lowest BCUT2D eigenvalue weighted by Crippen LogP contribution is -2.38. The third-order valence-electron chi connectivity index (χ3n) is 7.54. The van der Waals surface area contributed by atoms with Crippen molar-refractivity contribution in [2.24, 2.45) is 0 Å². The minimum Gasteiger partial charge on any atom is -0.493 e. The van der Waals surface area contributed by atoms with Gasteiger partial charge in [0.1, 0.15) is 19.3 Å². The number of nitrogens with zero attached hydrogens (tertiary/aromatic N) is 1. The molecule has 0 fully saturated rings. The summed E-state index contributed by atoms with van der Waals surface area (Å²) in [5, 5.41) is 0. The summed E-state index contributed by atoms with van der Waals surface area (Å²) in [5.41, 5.74) is 3.57. The minimum atomic E-state index is -0.766. The standard InChI is InChI=1S/C37H43NO8/c1-26(39)46-37(30-18-20-32(41-4)34(22-30)45-25-28-15-11-8-12-16-28)36(38(2)23-35(42-5)43-6)29-17-19-31(40-3)33(21-29)44-24-27-13-9-7-10-14-27/h7-22,35-37H,23-25H2,1-6H3/t36-,37+/m1/s1. The molecule has 0 heterocycles. The Morgan fingerprint density at radius 1 is 0.652 bits per heavy atom. The predicted molar refractivity (Wildman–Crippen MR) is 175 cm³/mol. The van der Waals surface area contributed by atoms with Gasteiger partial charge in [-0.1, -0.05) is 72.8 Å². The Bertz CT molecular complexity index is 1510. The highest BCUT2D eigenvalue weighted by Crippen LogP contribution is 2.42. The molecule has 0 aliphatic heterocycles. The second-order valence-electron chi connectivity index (χ2n) is 10.7. The van der Waals surface area contributed by atoms with Gasteiger partial charge in [0.2, 0.25) is 0 Å². The molecule has 4 aromatic carbocycles. The molecule has 0 amide bonds. The summed E-state index contributed by atoms with van der Waals surface area (Å²) in [4.78, 5) is 14.7. The molecule has 46 heavy (non-hydrogen) atoms. The molecule has 9 nitrogen and oxygen atoms in total. The zero-order valence-electron chi connectivity index (χ0n) is 27.3. The van der Waals surface area contributed by atoms with E-state index >= 15 is 0 Å². The Balaban J connectivity index is 1.77. The third kappa shape index (κ3) is 9.23. The largest absolute Gasteiger partial charge is 0.493 e. The number of hydrogen-bond donors (Lipinski definition) is 0. The summed E-state index contributed by atoms with van der Waals surface area (Å²) in [6.07, 6.45) is -1.30. The van der Waals surface area contributed by atoms with Crippen LogP contribution in [0.1, 0.15) is 41.3 Å². The lowest BCUT2D eigenvalue weighted by molar-refractivity contribution is -0.153. The molecular weight excluding hydrogens is 586 g/mol. The summed E-state index contributed by atoms with van der Waals surface area (Å²) < 4.78 is 40.9. The Hall–Kier alpha value is -4.57. The lowest BCUT2D eigenvalue weighted by atomic mass is 9.93. The van der Waals surface area contributed by atoms with Crippen molar-refractivity contribution in [2.45, 2.75) is 38.6 Å². The van der Waals surface area contributed by atoms with E-state index in [1.54, 1.807) is 28.4 Å². The third-order valence-corrected chi connectivity index (χ3v) is 7.54. The predicted octanol–water partition coefficient (Wildman–Crippen LogP) is 6.76. The fourth-order valence-electron chi connectivity index (χ4n) is 5.19. The van der Waals surface area contributed by atoms with Crippen molar-refractivity contribution in [3.05, 3.63) is 119 Å². The molecule has 0 spiro atoms. The van der Waals surface area contributed by atoms with E-state index in [0.717, 1.165) is 16.7 Å². The molecular formula is C37H43NO8. The first-order chi connectivity index (χ1) is 22.4. The lowest BCUT2D eigenvalue weighted by Gasteiger charge is -2.36. The first-order valence-corrected chi connectivity index (χ1v) is 15.0. The smallest absolute Gasteiger partial charge is 0.303 e. The topological polar surface area (TPSA) is 84.9 Å². The summed E-state index contributed by atoms with van der Waals surface area (Å²) in [6, 6.07) is 30.5. The number of likely N-dealkylation sites (N-methyl/N-ethyl adjacent to an activating group) is 1. The van der Waals surface area contributed by atoms with Gasteiger partial charge in [-0.05, 0) is 53.6 Å². The van der Waals surface area contributed by atoms with Crippen LogP contribution in [0.3, 0.4) is 0 Å². The maximum atomic E-state index is 12.7. The van der Waals surface area contributed by atoms with Crippen molar-refractivity contribution < 1.29 is 38.0 Å². The fraction of sp³-hybridized carbons (Fsp3) is 0.324. The summed E-state index contributed by atoms with van der Waals surface area (Å²) in [7, 11) is 8.30. The highest BCUT2D eigenvalue weighted by atomic mass is 16.7. The Kier molecular flexibility index (Phi) is 12.8. The molecule has 0 N–H and O–H groups in total. The molecule has 0 unspecified atom stereocenters. The van der Waals surface area contributed by atoms with E-state index in [0.29, 0.717) is 48.3 Å². The molecule has 9 heteroatoms. The number of benzene rings is 4. The first-order valence-electron chi connectivity index (χ1n) is 15.0. The zero-order valence-corrected chi connectivity index (χ0v) is 27.3. The van der Waals surface area contributed by atoms with Gasteiger partial charge in [-0.15, -0.1) is 0 Å². The summed E-state index contributed by atoms with van der Waals surface area (Å²) in [6.45, 7) is 2.46. The monoisotopic (exact) mass is 629 g/mol. The first kappa shape index (κ1) is 34.3. The van der Waals surface area contributed by atoms with E-state index < -0.39 is 24.4 Å². The molecule has 0 aliphatic carbocycles. The average Bonchev–Trinajstić information content (AvgIpc) is 3.09. The number of carbonyl (C=O) groups is 1. The number of methoxy groups -OCH3 is 4. The van der Waals surface area contributed by atoms with Gasteiger partial charge >= 0.3 is 5.97 Å². The molecule has 0 radical (unpaired) electrons. The number of hydrogen-bond acceptors (Lipinski definition) is 9. The van der Waals surface area contributed by atoms with E-state index in [1.807, 2.05) is 109 Å². The molecule has 0 saturated heterocycles. The van der Waals surface area contributed by atoms with Crippen molar-refractivity contribution in [3.8, 4) is 23.0 Å². The van der Waals surface area contributed by atoms with Crippen molar-refractivity contribution >= 4 is 5.97 Å². The van der Waals surface area contributed by atoms with Gasteiger partial charge in [-0.3, -0.25) is 9.69 Å². The van der Waals surface area contributed by atoms with Crippen molar-refractivity contribution in [1.82, 2.24) is 4.90 Å². The van der Waals surface area contributed by atoms with Gasteiger partial charge in [-0.25, -0.2) is 0 Å². The van der Waals surface area contributed by atoms with Crippen LogP contribution >= 0.6 is 0 Å². The van der Waals surface area contributed by atoms with Crippen LogP contribution in [0.5, 0.6) is 23.0 Å². The van der Waals surface area contributed by atoms with E-state index in [4.69, 9.17) is 33.2 Å². The van der Waals surface area contributed by atoms with Crippen LogP contribution in [0.25, 0.3) is 0 Å². The Morgan fingerprint density at radius 3 is 1.59 bits per heavy atom. The van der Waals surface area contributed by atoms with Gasteiger partial charge in [0.25, 0.3) is 0 Å². The highest BCUT2D eigenvalue weighted by molar-refractivity contribution is 5.66. The summed E-state index contributed by atoms with van der Waals surface area (Å²) >= 11 is 0. The molecule has 0 bridgehead atoms. The van der Waals surface area contributed by atoms with Crippen LogP contribution in [-0.4, -0.2) is 59.2 Å². The molecule has 0 aromatic heterocycles. The maximum Gasteiger partial charge on any atom is 0.303 e. The Labute approximate surface area is 271 Å². The van der Waals surface area contributed by atoms with E-state index in [9.17, 15) is 4.79 Å². The highest BCUT2D eigenvalue weighted by Gasteiger charge is 2.34. The number of esters is 1. The normalized spacial score (nSPS) is 12.4. The number of ether oxygens (including phenoxy) is 7. The van der Waals surface area contributed by atoms with E-state index in [1.165, 1.54) is 6.92 Å². The molecule has 4 rings (SSSR count). The molecule has 0 aliphatic rings. The van der Waals surface area contributed by atoms with Gasteiger partial charge in [0, 0.05) is 27.7 Å². The summed E-state index contributed by atoms with van der Waals surface area (Å²) in [5.74, 6) is 1.79. The van der Waals surface area contributed by atoms with Gasteiger partial charge < -0.3 is 33.2 Å². The number of rotatable bonds is 17. The van der Waals surface area contributed by atoms with Crippen LogP contribution in [0, 0.1) is 0 Å². The van der Waals surface area contributed by atoms with E-state index in [2.05, 4.69) is 0 Å². The molecule has 0 saturated carbocycles. The maximum absolute atomic E-state index is 12.7. The molecule has 2 atom stereocenters. The van der Waals surface area contributed by atoms with Crippen LogP contribution < -0.4 is 18.9 Å². The van der Waals surface area contributed by atoms with Gasteiger partial charge in [0.15, 0.2) is 29.3 Å². The second kappa shape index (κ2) is 17.2. The van der Waals surface area contributed by atoms with E-state index in [-0.39, 0.29) is 0 Å². The average molecular weight is 630 g/mol. The van der Waals surface area contributed by atoms with Gasteiger partial charge in [0.05, 0.1) is 20.3 Å². The second-order valence-corrected chi connectivity index (χ2v) is 10.7. The van der Waals surface area contributed by atoms with Gasteiger partial charge in [-0.2, -0.15) is 0 Å². The quantitative estimate of drug-likeness (QED) is 0.0929. The zero-order chi connectivity index (χ0) is 32.9.